The zero-order valence-corrected chi connectivity index (χ0v) is 15.7. The van der Waals surface area contributed by atoms with Crippen LogP contribution in [0.5, 0.6) is 5.75 Å². The summed E-state index contributed by atoms with van der Waals surface area (Å²) in [5.74, 6) is 5.20. The number of anilines is 1. The number of esters is 1. The molecule has 2 heterocycles. The summed E-state index contributed by atoms with van der Waals surface area (Å²) in [6.45, 7) is 0. The molecule has 1 aromatic heterocycles. The minimum absolute atomic E-state index is 0.0614. The van der Waals surface area contributed by atoms with Gasteiger partial charge in [-0.25, -0.2) is 0 Å². The lowest BCUT2D eigenvalue weighted by Gasteiger charge is -2.04. The van der Waals surface area contributed by atoms with Crippen LogP contribution in [-0.4, -0.2) is 36.0 Å². The predicted molar refractivity (Wildman–Crippen MR) is 105 cm³/mol. The third-order valence-electron chi connectivity index (χ3n) is 4.28. The number of aromatic amines is 1. The second-order valence-electron chi connectivity index (χ2n) is 5.99. The summed E-state index contributed by atoms with van der Waals surface area (Å²) in [6, 6.07) is 4.46. The number of nitro groups is 1. The standard InChI is InChI=1S/C20H17N3O6/c1-28-17-9-10-21-15(17)11-13-19-12(5-3-4-6-18(24)29-2)16(23(26)27)8-7-14(19)22-20(13)25/h7-11,21H,4,6H2,1-2H3,(H,22,25). The van der Waals surface area contributed by atoms with E-state index < -0.39 is 16.8 Å². The number of nitrogens with zero attached hydrogens (tertiary/aromatic N) is 1. The van der Waals surface area contributed by atoms with E-state index in [9.17, 15) is 19.7 Å². The molecule has 1 amide bonds. The van der Waals surface area contributed by atoms with Crippen LogP contribution in [0.1, 0.15) is 29.7 Å². The van der Waals surface area contributed by atoms with E-state index in [0.717, 1.165) is 0 Å². The van der Waals surface area contributed by atoms with Crippen molar-refractivity contribution in [2.45, 2.75) is 12.8 Å². The van der Waals surface area contributed by atoms with Crippen molar-refractivity contribution in [3.05, 3.63) is 51.3 Å². The average molecular weight is 395 g/mol. The molecule has 0 atom stereocenters. The molecular formula is C20H17N3O6. The van der Waals surface area contributed by atoms with Gasteiger partial charge in [-0.05, 0) is 18.2 Å². The smallest absolute Gasteiger partial charge is 0.306 e. The number of carbonyl (C=O) groups excluding carboxylic acids is 2. The molecule has 0 fully saturated rings. The number of ether oxygens (including phenoxy) is 2. The van der Waals surface area contributed by atoms with Crippen LogP contribution in [0.15, 0.2) is 24.4 Å². The Hall–Kier alpha value is -4.06. The van der Waals surface area contributed by atoms with Gasteiger partial charge in [0.15, 0.2) is 0 Å². The molecule has 0 saturated carbocycles. The summed E-state index contributed by atoms with van der Waals surface area (Å²) in [6.07, 6.45) is 3.44. The lowest BCUT2D eigenvalue weighted by Crippen LogP contribution is -2.03. The van der Waals surface area contributed by atoms with Gasteiger partial charge in [-0.3, -0.25) is 19.7 Å². The van der Waals surface area contributed by atoms with Gasteiger partial charge in [-0.2, -0.15) is 0 Å². The van der Waals surface area contributed by atoms with E-state index in [0.29, 0.717) is 22.7 Å². The summed E-state index contributed by atoms with van der Waals surface area (Å²) in [4.78, 5) is 37.7. The van der Waals surface area contributed by atoms with Crippen molar-refractivity contribution in [2.75, 3.05) is 19.5 Å². The Morgan fingerprint density at radius 3 is 2.79 bits per heavy atom. The third kappa shape index (κ3) is 3.96. The highest BCUT2D eigenvalue weighted by molar-refractivity contribution is 6.35. The maximum Gasteiger partial charge on any atom is 0.306 e. The fourth-order valence-corrected chi connectivity index (χ4v) is 2.92. The number of amides is 1. The van der Waals surface area contributed by atoms with Crippen LogP contribution < -0.4 is 10.1 Å². The topological polar surface area (TPSA) is 124 Å². The summed E-state index contributed by atoms with van der Waals surface area (Å²) < 4.78 is 9.79. The first-order valence-corrected chi connectivity index (χ1v) is 8.58. The molecule has 0 saturated heterocycles. The molecule has 0 radical (unpaired) electrons. The Morgan fingerprint density at radius 1 is 1.31 bits per heavy atom. The van der Waals surface area contributed by atoms with Crippen LogP contribution in [-0.2, 0) is 14.3 Å². The van der Waals surface area contributed by atoms with Gasteiger partial charge in [0.25, 0.3) is 11.6 Å². The van der Waals surface area contributed by atoms with E-state index in [4.69, 9.17) is 4.74 Å². The predicted octanol–water partition coefficient (Wildman–Crippen LogP) is 2.73. The molecule has 29 heavy (non-hydrogen) atoms. The minimum Gasteiger partial charge on any atom is -0.495 e. The number of rotatable bonds is 5. The average Bonchev–Trinajstić information content (AvgIpc) is 3.28. The van der Waals surface area contributed by atoms with Crippen molar-refractivity contribution in [2.24, 2.45) is 0 Å². The maximum absolute atomic E-state index is 12.5. The summed E-state index contributed by atoms with van der Waals surface area (Å²) in [5, 5.41) is 14.2. The Balaban J connectivity index is 2.11. The fraction of sp³-hybridized carbons (Fsp3) is 0.200. The number of hydrogen-bond donors (Lipinski definition) is 2. The molecule has 0 bridgehead atoms. The first-order valence-electron chi connectivity index (χ1n) is 8.58. The van der Waals surface area contributed by atoms with Crippen LogP contribution in [0.3, 0.4) is 0 Å². The highest BCUT2D eigenvalue weighted by Gasteiger charge is 2.31. The van der Waals surface area contributed by atoms with Crippen molar-refractivity contribution < 1.29 is 24.0 Å². The molecule has 0 spiro atoms. The van der Waals surface area contributed by atoms with Gasteiger partial charge in [0.05, 0.1) is 42.5 Å². The van der Waals surface area contributed by atoms with Gasteiger partial charge in [0, 0.05) is 24.2 Å². The first kappa shape index (κ1) is 19.7. The van der Waals surface area contributed by atoms with Gasteiger partial charge in [-0.15, -0.1) is 0 Å². The minimum atomic E-state index is -0.555. The Kier molecular flexibility index (Phi) is 5.64. The Morgan fingerprint density at radius 2 is 2.10 bits per heavy atom. The number of aromatic nitrogens is 1. The third-order valence-corrected chi connectivity index (χ3v) is 4.28. The molecule has 2 N–H and O–H groups in total. The number of carbonyl (C=O) groups is 2. The molecular weight excluding hydrogens is 378 g/mol. The van der Waals surface area contributed by atoms with Crippen LogP contribution in [0, 0.1) is 22.0 Å². The number of benzene rings is 1. The van der Waals surface area contributed by atoms with E-state index in [1.54, 1.807) is 18.3 Å². The number of H-pyrrole nitrogens is 1. The van der Waals surface area contributed by atoms with Crippen molar-refractivity contribution in [3.63, 3.8) is 0 Å². The van der Waals surface area contributed by atoms with E-state index in [1.807, 2.05) is 0 Å². The maximum atomic E-state index is 12.5. The number of methoxy groups -OCH3 is 2. The zero-order valence-electron chi connectivity index (χ0n) is 15.7. The van der Waals surface area contributed by atoms with Crippen LogP contribution in [0.4, 0.5) is 11.4 Å². The SMILES string of the molecule is COC(=O)CCC#Cc1c([N+](=O)[O-])ccc2c1C(=Cc1[nH]ccc1OC)C(=O)N2. The van der Waals surface area contributed by atoms with E-state index in [-0.39, 0.29) is 29.7 Å². The van der Waals surface area contributed by atoms with Gasteiger partial charge in [0.2, 0.25) is 0 Å². The molecule has 2 aromatic rings. The monoisotopic (exact) mass is 395 g/mol. The van der Waals surface area contributed by atoms with Crippen molar-refractivity contribution in [1.29, 1.82) is 0 Å². The van der Waals surface area contributed by atoms with E-state index >= 15 is 0 Å². The van der Waals surface area contributed by atoms with Crippen LogP contribution in [0.2, 0.25) is 0 Å². The fourth-order valence-electron chi connectivity index (χ4n) is 2.92. The summed E-state index contributed by atoms with van der Waals surface area (Å²) in [5.41, 5.74) is 1.41. The molecule has 9 heteroatoms. The Labute approximate surface area is 165 Å². The molecule has 0 aliphatic carbocycles. The van der Waals surface area contributed by atoms with Gasteiger partial charge < -0.3 is 19.8 Å². The van der Waals surface area contributed by atoms with Crippen molar-refractivity contribution >= 4 is 34.9 Å². The zero-order chi connectivity index (χ0) is 21.0. The van der Waals surface area contributed by atoms with Gasteiger partial charge in [-0.1, -0.05) is 11.8 Å². The molecule has 1 aromatic carbocycles. The van der Waals surface area contributed by atoms with Gasteiger partial charge >= 0.3 is 5.97 Å². The van der Waals surface area contributed by atoms with Crippen LogP contribution >= 0.6 is 0 Å². The number of nitro benzene ring substituents is 1. The second kappa shape index (κ2) is 8.31. The molecule has 1 aliphatic rings. The lowest BCUT2D eigenvalue weighted by atomic mass is 9.98. The first-order chi connectivity index (χ1) is 14.0. The van der Waals surface area contributed by atoms with E-state index in [1.165, 1.54) is 26.4 Å². The molecule has 148 valence electrons. The second-order valence-corrected chi connectivity index (χ2v) is 5.99. The highest BCUT2D eigenvalue weighted by atomic mass is 16.6. The van der Waals surface area contributed by atoms with Gasteiger partial charge in [0.1, 0.15) is 11.3 Å². The Bertz CT molecular complexity index is 1090. The van der Waals surface area contributed by atoms with Crippen LogP contribution in [0.25, 0.3) is 11.6 Å². The lowest BCUT2D eigenvalue weighted by molar-refractivity contribution is -0.385. The molecule has 1 aliphatic heterocycles. The van der Waals surface area contributed by atoms with E-state index in [2.05, 4.69) is 26.9 Å². The summed E-state index contributed by atoms with van der Waals surface area (Å²) >= 11 is 0. The highest BCUT2D eigenvalue weighted by Crippen LogP contribution is 2.40. The number of fused-ring (bicyclic) bond motifs is 1. The molecule has 3 rings (SSSR count). The number of nitrogens with one attached hydrogen (secondary N) is 2. The largest absolute Gasteiger partial charge is 0.495 e. The quantitative estimate of drug-likeness (QED) is 0.264. The van der Waals surface area contributed by atoms with Crippen molar-refractivity contribution in [1.82, 2.24) is 4.98 Å². The molecule has 9 nitrogen and oxygen atoms in total. The van der Waals surface area contributed by atoms with Crippen molar-refractivity contribution in [3.8, 4) is 17.6 Å². The normalized spacial score (nSPS) is 13.3. The number of hydrogen-bond acceptors (Lipinski definition) is 6. The molecule has 0 unspecified atom stereocenters. The summed E-state index contributed by atoms with van der Waals surface area (Å²) in [7, 11) is 2.77.